The van der Waals surface area contributed by atoms with Crippen molar-refractivity contribution in [1.82, 2.24) is 4.98 Å². The monoisotopic (exact) mass is 333 g/mol. The first-order chi connectivity index (χ1) is 11.5. The Morgan fingerprint density at radius 1 is 1.38 bits per heavy atom. The maximum Gasteiger partial charge on any atom is 0.340 e. The number of aromatic nitrogens is 1. The first kappa shape index (κ1) is 17.0. The Morgan fingerprint density at radius 2 is 2.12 bits per heavy atom. The van der Waals surface area contributed by atoms with Gasteiger partial charge in [-0.2, -0.15) is 0 Å². The Hall–Kier alpha value is -1.89. The zero-order valence-electron chi connectivity index (χ0n) is 14.1. The molecule has 3 rings (SSSR count). The van der Waals surface area contributed by atoms with Crippen LogP contribution in [-0.2, 0) is 14.2 Å². The lowest BCUT2D eigenvalue weighted by molar-refractivity contribution is -0.270. The Balaban J connectivity index is 1.69. The van der Waals surface area contributed by atoms with Crippen molar-refractivity contribution in [3.63, 3.8) is 0 Å². The lowest BCUT2D eigenvalue weighted by Gasteiger charge is -2.37. The van der Waals surface area contributed by atoms with Crippen molar-refractivity contribution in [2.45, 2.75) is 57.9 Å². The molecule has 1 unspecified atom stereocenters. The van der Waals surface area contributed by atoms with Gasteiger partial charge in [0, 0.05) is 23.5 Å². The van der Waals surface area contributed by atoms with Gasteiger partial charge in [-0.1, -0.05) is 18.2 Å². The number of hydrogen-bond acceptors (Lipinski definition) is 5. The number of ether oxygens (including phenoxy) is 3. The van der Waals surface area contributed by atoms with Gasteiger partial charge in [-0.15, -0.1) is 0 Å². The van der Waals surface area contributed by atoms with Crippen LogP contribution in [0.15, 0.2) is 30.5 Å². The molecule has 0 bridgehead atoms. The molecular weight excluding hydrogens is 310 g/mol. The summed E-state index contributed by atoms with van der Waals surface area (Å²) in [7, 11) is 0. The Bertz CT molecular complexity index is 710. The van der Waals surface area contributed by atoms with Crippen LogP contribution in [-0.4, -0.2) is 46.8 Å². The molecule has 130 valence electrons. The molecule has 2 heterocycles. The summed E-state index contributed by atoms with van der Waals surface area (Å²) in [5.74, 6) is -0.427. The van der Waals surface area contributed by atoms with Crippen molar-refractivity contribution >= 4 is 16.9 Å². The predicted molar refractivity (Wildman–Crippen MR) is 88.7 cm³/mol. The van der Waals surface area contributed by atoms with Crippen LogP contribution < -0.4 is 0 Å². The summed E-state index contributed by atoms with van der Waals surface area (Å²) in [6.07, 6.45) is -0.524. The summed E-state index contributed by atoms with van der Waals surface area (Å²) in [6.45, 7) is 5.57. The van der Waals surface area contributed by atoms with Crippen molar-refractivity contribution in [3.8, 4) is 0 Å². The molecule has 6 nitrogen and oxygen atoms in total. The number of H-pyrrole nitrogens is 1. The molecule has 6 heteroatoms. The largest absolute Gasteiger partial charge is 0.456 e. The minimum absolute atomic E-state index is 0.0535. The van der Waals surface area contributed by atoms with Crippen LogP contribution in [0.2, 0.25) is 0 Å². The number of carbonyl (C=O) groups is 1. The fraction of sp³-hybridized carbons (Fsp3) is 0.500. The van der Waals surface area contributed by atoms with Crippen LogP contribution in [0.25, 0.3) is 10.9 Å². The van der Waals surface area contributed by atoms with Gasteiger partial charge < -0.3 is 24.3 Å². The van der Waals surface area contributed by atoms with Crippen molar-refractivity contribution in [2.24, 2.45) is 0 Å². The molecule has 1 aliphatic rings. The fourth-order valence-corrected chi connectivity index (χ4v) is 2.91. The van der Waals surface area contributed by atoms with E-state index in [-0.39, 0.29) is 18.6 Å². The number of hydrogen-bond donors (Lipinski definition) is 2. The number of fused-ring (bicyclic) bond motifs is 1. The second-order valence-electron chi connectivity index (χ2n) is 6.39. The Labute approximate surface area is 140 Å². The average molecular weight is 333 g/mol. The molecule has 1 aromatic heterocycles. The lowest BCUT2D eigenvalue weighted by atomic mass is 10.0. The summed E-state index contributed by atoms with van der Waals surface area (Å²) >= 11 is 0. The highest BCUT2D eigenvalue weighted by molar-refractivity contribution is 6.04. The zero-order chi connectivity index (χ0) is 17.3. The number of carbonyl (C=O) groups excluding carboxylic acids is 1. The maximum atomic E-state index is 12.5. The van der Waals surface area contributed by atoms with Gasteiger partial charge in [0.2, 0.25) is 0 Å². The van der Waals surface area contributed by atoms with Crippen LogP contribution >= 0.6 is 0 Å². The lowest BCUT2D eigenvalue weighted by Crippen LogP contribution is -2.49. The third kappa shape index (κ3) is 3.45. The third-order valence-corrected chi connectivity index (χ3v) is 4.13. The van der Waals surface area contributed by atoms with Gasteiger partial charge >= 0.3 is 5.97 Å². The molecule has 1 aromatic carbocycles. The fourth-order valence-electron chi connectivity index (χ4n) is 2.91. The molecule has 1 saturated heterocycles. The number of benzene rings is 1. The first-order valence-corrected chi connectivity index (χ1v) is 8.21. The second-order valence-corrected chi connectivity index (χ2v) is 6.39. The van der Waals surface area contributed by atoms with Crippen LogP contribution in [0.4, 0.5) is 0 Å². The summed E-state index contributed by atoms with van der Waals surface area (Å²) in [5, 5.41) is 11.0. The van der Waals surface area contributed by atoms with Crippen LogP contribution in [0.5, 0.6) is 0 Å². The number of aliphatic hydroxyl groups excluding tert-OH is 1. The molecule has 1 aliphatic heterocycles. The van der Waals surface area contributed by atoms with Gasteiger partial charge in [-0.3, -0.25) is 0 Å². The molecular formula is C18H23NO5. The van der Waals surface area contributed by atoms with Gasteiger partial charge in [0.15, 0.2) is 6.29 Å². The topological polar surface area (TPSA) is 80.8 Å². The number of aromatic amines is 1. The quantitative estimate of drug-likeness (QED) is 0.841. The predicted octanol–water partition coefficient (Wildman–Crippen LogP) is 2.61. The van der Waals surface area contributed by atoms with E-state index in [1.807, 2.05) is 45.0 Å². The zero-order valence-corrected chi connectivity index (χ0v) is 14.1. The number of rotatable bonds is 4. The molecule has 2 aromatic rings. The van der Waals surface area contributed by atoms with E-state index in [2.05, 4.69) is 4.98 Å². The first-order valence-electron chi connectivity index (χ1n) is 8.21. The highest BCUT2D eigenvalue weighted by Crippen LogP contribution is 2.26. The van der Waals surface area contributed by atoms with E-state index in [0.717, 1.165) is 10.9 Å². The number of nitrogens with one attached hydrogen (secondary N) is 1. The van der Waals surface area contributed by atoms with E-state index in [1.165, 1.54) is 0 Å². The highest BCUT2D eigenvalue weighted by Gasteiger charge is 2.38. The van der Waals surface area contributed by atoms with Crippen molar-refractivity contribution in [1.29, 1.82) is 0 Å². The van der Waals surface area contributed by atoms with Gasteiger partial charge in [0.05, 0.1) is 17.8 Å². The second kappa shape index (κ2) is 6.93. The van der Waals surface area contributed by atoms with E-state index in [9.17, 15) is 9.90 Å². The standard InChI is InChI=1S/C18H23NO5/c1-10(2)22-18-15(20)8-16(11(3)23-18)24-17(21)13-9-19-14-7-5-4-6-12(13)14/h4-7,9-11,15-16,18-20H,8H2,1-3H3/t11?,15-,16+,18+/m0/s1. The van der Waals surface area contributed by atoms with E-state index in [0.29, 0.717) is 5.56 Å². The highest BCUT2D eigenvalue weighted by atomic mass is 16.7. The molecule has 24 heavy (non-hydrogen) atoms. The van der Waals surface area contributed by atoms with Gasteiger partial charge in [-0.25, -0.2) is 4.79 Å². The van der Waals surface area contributed by atoms with Crippen molar-refractivity contribution in [2.75, 3.05) is 0 Å². The molecule has 0 aliphatic carbocycles. The number of aliphatic hydroxyl groups is 1. The third-order valence-electron chi connectivity index (χ3n) is 4.13. The molecule has 4 atom stereocenters. The molecule has 0 amide bonds. The summed E-state index contributed by atoms with van der Waals surface area (Å²) in [5.41, 5.74) is 1.36. The normalized spacial score (nSPS) is 27.5. The SMILES string of the molecule is CC(C)O[C@@H]1OC(C)[C@H](OC(=O)c2c[nH]c3ccccc23)C[C@@H]1O. The Kier molecular flexibility index (Phi) is 4.89. The maximum absolute atomic E-state index is 12.5. The van der Waals surface area contributed by atoms with Crippen LogP contribution in [0.3, 0.4) is 0 Å². The minimum atomic E-state index is -0.829. The molecule has 0 saturated carbocycles. The summed E-state index contributed by atoms with van der Waals surface area (Å²) in [4.78, 5) is 15.5. The minimum Gasteiger partial charge on any atom is -0.456 e. The number of esters is 1. The summed E-state index contributed by atoms with van der Waals surface area (Å²) in [6, 6.07) is 7.54. The van der Waals surface area contributed by atoms with Gasteiger partial charge in [-0.05, 0) is 26.8 Å². The molecule has 0 radical (unpaired) electrons. The van der Waals surface area contributed by atoms with Crippen molar-refractivity contribution < 1.29 is 24.1 Å². The van der Waals surface area contributed by atoms with E-state index in [1.54, 1.807) is 6.20 Å². The summed E-state index contributed by atoms with van der Waals surface area (Å²) < 4.78 is 16.8. The smallest absolute Gasteiger partial charge is 0.340 e. The molecule has 1 fully saturated rings. The molecule has 2 N–H and O–H groups in total. The average Bonchev–Trinajstić information content (AvgIpc) is 2.95. The van der Waals surface area contributed by atoms with E-state index < -0.39 is 24.5 Å². The number of para-hydroxylation sites is 1. The van der Waals surface area contributed by atoms with E-state index >= 15 is 0 Å². The van der Waals surface area contributed by atoms with Crippen molar-refractivity contribution in [3.05, 3.63) is 36.0 Å². The van der Waals surface area contributed by atoms with E-state index in [4.69, 9.17) is 14.2 Å². The Morgan fingerprint density at radius 3 is 2.88 bits per heavy atom. The van der Waals surface area contributed by atoms with Crippen LogP contribution in [0, 0.1) is 0 Å². The molecule has 0 spiro atoms. The van der Waals surface area contributed by atoms with Gasteiger partial charge in [0.1, 0.15) is 12.2 Å². The van der Waals surface area contributed by atoms with Crippen LogP contribution in [0.1, 0.15) is 37.6 Å². The van der Waals surface area contributed by atoms with Gasteiger partial charge in [0.25, 0.3) is 0 Å².